The molecular weight excluding hydrogens is 400 g/mol. The van der Waals surface area contributed by atoms with Gasteiger partial charge < -0.3 is 5.11 Å². The first-order valence-corrected chi connectivity index (χ1v) is 9.11. The van der Waals surface area contributed by atoms with Crippen molar-refractivity contribution in [1.29, 1.82) is 5.26 Å². The molecule has 2 aromatic rings. The van der Waals surface area contributed by atoms with E-state index >= 15 is 0 Å². The molecule has 0 unspecified atom stereocenters. The molecule has 0 spiro atoms. The summed E-state index contributed by atoms with van der Waals surface area (Å²) in [4.78, 5) is 4.35. The van der Waals surface area contributed by atoms with Crippen LogP contribution in [0.25, 0.3) is 6.08 Å². The van der Waals surface area contributed by atoms with Crippen molar-refractivity contribution in [2.24, 2.45) is 0 Å². The normalized spacial score (nSPS) is 12.3. The van der Waals surface area contributed by atoms with Crippen LogP contribution in [0.3, 0.4) is 0 Å². The number of aromatic nitrogens is 1. The van der Waals surface area contributed by atoms with E-state index in [-0.39, 0.29) is 11.7 Å². The van der Waals surface area contributed by atoms with Gasteiger partial charge in [0.2, 0.25) is 0 Å². The fourth-order valence-corrected chi connectivity index (χ4v) is 3.27. The number of rotatable bonds is 4. The van der Waals surface area contributed by atoms with Crippen LogP contribution in [0, 0.1) is 11.3 Å². The third kappa shape index (κ3) is 4.23. The summed E-state index contributed by atoms with van der Waals surface area (Å²) in [6, 6.07) is 11.3. The number of hydrogen-bond acceptors (Lipinski definition) is 3. The molecule has 0 saturated heterocycles. The monoisotopic (exact) mass is 418 g/mol. The van der Waals surface area contributed by atoms with Crippen LogP contribution in [0.5, 0.6) is 5.75 Å². The van der Waals surface area contributed by atoms with Crippen LogP contribution in [-0.2, 0) is 5.41 Å². The van der Waals surface area contributed by atoms with Gasteiger partial charge >= 0.3 is 0 Å². The number of halogens is 2. The van der Waals surface area contributed by atoms with Crippen LogP contribution in [0.15, 0.2) is 40.5 Å². The van der Waals surface area contributed by atoms with Gasteiger partial charge in [0, 0.05) is 21.6 Å². The Kier molecular flexibility index (Phi) is 5.92. The SMILES string of the molecule is CC(C)c1cc(Cl)cc(C(C)(C)/C(C#N)=C/c2cccc(Br)n2)c1O. The quantitative estimate of drug-likeness (QED) is 0.473. The number of phenols is 1. The number of benzene rings is 1. The molecule has 2 rings (SSSR count). The van der Waals surface area contributed by atoms with Crippen molar-refractivity contribution in [3.05, 3.63) is 62.4 Å². The maximum absolute atomic E-state index is 10.8. The molecule has 0 aliphatic carbocycles. The van der Waals surface area contributed by atoms with Crippen LogP contribution in [-0.4, -0.2) is 10.1 Å². The Hall–Kier alpha value is -1.83. The molecule has 0 aliphatic heterocycles. The fraction of sp³-hybridized carbons (Fsp3) is 0.300. The average molecular weight is 420 g/mol. The molecule has 25 heavy (non-hydrogen) atoms. The zero-order chi connectivity index (χ0) is 18.8. The molecule has 0 bridgehead atoms. The molecule has 3 nitrogen and oxygen atoms in total. The maximum atomic E-state index is 10.8. The molecule has 0 saturated carbocycles. The lowest BCUT2D eigenvalue weighted by Crippen LogP contribution is -2.20. The third-order valence-corrected chi connectivity index (χ3v) is 4.88. The number of phenolic OH excluding ortho intramolecular Hbond substituents is 1. The summed E-state index contributed by atoms with van der Waals surface area (Å²) in [6.07, 6.45) is 1.74. The van der Waals surface area contributed by atoms with Crippen LogP contribution >= 0.6 is 27.5 Å². The van der Waals surface area contributed by atoms with Gasteiger partial charge in [0.05, 0.1) is 11.8 Å². The highest BCUT2D eigenvalue weighted by atomic mass is 79.9. The van der Waals surface area contributed by atoms with Gasteiger partial charge in [0.1, 0.15) is 10.4 Å². The lowest BCUT2D eigenvalue weighted by Gasteiger charge is -2.27. The number of hydrogen-bond donors (Lipinski definition) is 1. The van der Waals surface area contributed by atoms with Crippen molar-refractivity contribution >= 4 is 33.6 Å². The van der Waals surface area contributed by atoms with Crippen molar-refractivity contribution in [2.75, 3.05) is 0 Å². The zero-order valence-electron chi connectivity index (χ0n) is 14.6. The lowest BCUT2D eigenvalue weighted by atomic mass is 9.76. The minimum Gasteiger partial charge on any atom is -0.507 e. The van der Waals surface area contributed by atoms with E-state index in [1.54, 1.807) is 18.2 Å². The highest BCUT2D eigenvalue weighted by molar-refractivity contribution is 9.10. The summed E-state index contributed by atoms with van der Waals surface area (Å²) in [5.74, 6) is 0.308. The maximum Gasteiger partial charge on any atom is 0.123 e. The van der Waals surface area contributed by atoms with E-state index in [1.807, 2.05) is 45.9 Å². The van der Waals surface area contributed by atoms with Crippen LogP contribution in [0.4, 0.5) is 0 Å². The van der Waals surface area contributed by atoms with Crippen LogP contribution in [0.1, 0.15) is 50.4 Å². The number of nitriles is 1. The predicted octanol–water partition coefficient (Wildman–Crippen LogP) is 6.21. The summed E-state index contributed by atoms with van der Waals surface area (Å²) in [6.45, 7) is 7.79. The van der Waals surface area contributed by atoms with Gasteiger partial charge in [-0.25, -0.2) is 4.98 Å². The average Bonchev–Trinajstić information content (AvgIpc) is 2.54. The number of allylic oxidation sites excluding steroid dienone is 1. The molecule has 0 amide bonds. The largest absolute Gasteiger partial charge is 0.507 e. The van der Waals surface area contributed by atoms with Crippen molar-refractivity contribution in [1.82, 2.24) is 4.98 Å². The van der Waals surface area contributed by atoms with Gasteiger partial charge in [0.15, 0.2) is 0 Å². The summed E-state index contributed by atoms with van der Waals surface area (Å²) in [7, 11) is 0. The third-order valence-electron chi connectivity index (χ3n) is 4.22. The van der Waals surface area contributed by atoms with Crippen LogP contribution in [0.2, 0.25) is 5.02 Å². The van der Waals surface area contributed by atoms with E-state index < -0.39 is 5.41 Å². The molecule has 1 aromatic heterocycles. The van der Waals surface area contributed by atoms with Gasteiger partial charge in [-0.2, -0.15) is 5.26 Å². The number of pyridine rings is 1. The Morgan fingerprint density at radius 2 is 2.04 bits per heavy atom. The Labute approximate surface area is 162 Å². The standard InChI is InChI=1S/C20H20BrClN2O/c1-12(2)16-9-14(22)10-17(19(16)25)20(3,4)13(11-23)8-15-6-5-7-18(21)24-15/h5-10,12,25H,1-4H3/b13-8+. The summed E-state index contributed by atoms with van der Waals surface area (Å²) < 4.78 is 0.698. The Morgan fingerprint density at radius 3 is 2.60 bits per heavy atom. The molecular formula is C20H20BrClN2O. The van der Waals surface area contributed by atoms with Gasteiger partial charge in [-0.1, -0.05) is 45.4 Å². The smallest absolute Gasteiger partial charge is 0.123 e. The first-order valence-electron chi connectivity index (χ1n) is 7.94. The summed E-state index contributed by atoms with van der Waals surface area (Å²) in [5.41, 5.74) is 1.84. The Morgan fingerprint density at radius 1 is 1.36 bits per heavy atom. The molecule has 0 aliphatic rings. The van der Waals surface area contributed by atoms with E-state index in [2.05, 4.69) is 27.0 Å². The van der Waals surface area contributed by atoms with E-state index in [4.69, 9.17) is 11.6 Å². The molecule has 1 heterocycles. The van der Waals surface area contributed by atoms with Crippen molar-refractivity contribution in [3.8, 4) is 11.8 Å². The molecule has 1 N–H and O–H groups in total. The van der Waals surface area contributed by atoms with E-state index in [1.165, 1.54) is 0 Å². The first-order chi connectivity index (χ1) is 11.7. The first kappa shape index (κ1) is 19.5. The van der Waals surface area contributed by atoms with E-state index in [9.17, 15) is 10.4 Å². The van der Waals surface area contributed by atoms with Crippen molar-refractivity contribution < 1.29 is 5.11 Å². The molecule has 130 valence electrons. The van der Waals surface area contributed by atoms with Crippen LogP contribution < -0.4 is 0 Å². The second-order valence-corrected chi connectivity index (χ2v) is 7.97. The highest BCUT2D eigenvalue weighted by Crippen LogP contribution is 2.42. The Bertz CT molecular complexity index is 866. The van der Waals surface area contributed by atoms with Gasteiger partial charge in [-0.15, -0.1) is 0 Å². The topological polar surface area (TPSA) is 56.9 Å². The van der Waals surface area contributed by atoms with Crippen molar-refractivity contribution in [2.45, 2.75) is 39.0 Å². The van der Waals surface area contributed by atoms with Gasteiger partial charge in [-0.05, 0) is 57.8 Å². The van der Waals surface area contributed by atoms with E-state index in [0.29, 0.717) is 26.5 Å². The molecule has 0 fully saturated rings. The zero-order valence-corrected chi connectivity index (χ0v) is 17.0. The van der Waals surface area contributed by atoms with Crippen molar-refractivity contribution in [3.63, 3.8) is 0 Å². The minimum absolute atomic E-state index is 0.120. The van der Waals surface area contributed by atoms with Gasteiger partial charge in [0.25, 0.3) is 0 Å². The molecule has 5 heteroatoms. The highest BCUT2D eigenvalue weighted by Gasteiger charge is 2.31. The predicted molar refractivity (Wildman–Crippen MR) is 106 cm³/mol. The Balaban J connectivity index is 2.62. The molecule has 0 radical (unpaired) electrons. The minimum atomic E-state index is -0.725. The number of aromatic hydroxyl groups is 1. The second-order valence-electron chi connectivity index (χ2n) is 6.73. The summed E-state index contributed by atoms with van der Waals surface area (Å²) >= 11 is 9.60. The summed E-state index contributed by atoms with van der Waals surface area (Å²) in [5, 5.41) is 21.0. The lowest BCUT2D eigenvalue weighted by molar-refractivity contribution is 0.444. The van der Waals surface area contributed by atoms with E-state index in [0.717, 1.165) is 5.56 Å². The number of nitrogens with zero attached hydrogens (tertiary/aromatic N) is 2. The fourth-order valence-electron chi connectivity index (χ4n) is 2.69. The van der Waals surface area contributed by atoms with Gasteiger partial charge in [-0.3, -0.25) is 0 Å². The second kappa shape index (κ2) is 7.59. The molecule has 0 atom stereocenters. The molecule has 1 aromatic carbocycles.